The summed E-state index contributed by atoms with van der Waals surface area (Å²) >= 11 is 0. The molecule has 6 nitrogen and oxygen atoms in total. The van der Waals surface area contributed by atoms with Crippen molar-refractivity contribution < 1.29 is 19.6 Å². The molecule has 0 heterocycles. The molecule has 0 aliphatic carbocycles. The lowest BCUT2D eigenvalue weighted by Gasteiger charge is -2.05. The van der Waals surface area contributed by atoms with Gasteiger partial charge in [-0.1, -0.05) is 161 Å². The van der Waals surface area contributed by atoms with Crippen LogP contribution in [-0.2, 0) is 4.79 Å². The molecule has 1 rings (SSSR count). The molecule has 0 amide bonds. The lowest BCUT2D eigenvalue weighted by molar-refractivity contribution is -0.384. The summed E-state index contributed by atoms with van der Waals surface area (Å²) in [5.74, 6) is 0.0935. The Bertz CT molecular complexity index is 752. The number of ether oxygens (including phenoxy) is 1. The van der Waals surface area contributed by atoms with E-state index in [0.29, 0.717) is 18.8 Å². The molecule has 0 fully saturated rings. The third-order valence-corrected chi connectivity index (χ3v) is 8.32. The lowest BCUT2D eigenvalue weighted by Crippen LogP contribution is -2.07. The summed E-state index contributed by atoms with van der Waals surface area (Å²) in [6.07, 6.45) is 36.1. The molecule has 0 radical (unpaired) electrons. The van der Waals surface area contributed by atoms with Gasteiger partial charge in [-0.3, -0.25) is 14.9 Å². The molecule has 1 aromatic carbocycles. The van der Waals surface area contributed by atoms with E-state index in [1.165, 1.54) is 178 Å². The molecule has 1 N–H and O–H groups in total. The van der Waals surface area contributed by atoms with Crippen molar-refractivity contribution in [1.29, 1.82) is 0 Å². The zero-order chi connectivity index (χ0) is 30.4. The topological polar surface area (TPSA) is 89.7 Å². The Hall–Kier alpha value is -1.95. The highest BCUT2D eigenvalue weighted by atomic mass is 16.6. The number of non-ortho nitro benzene ring substituents is 1. The summed E-state index contributed by atoms with van der Waals surface area (Å²) in [5.41, 5.74) is -0.00722. The number of aliphatic hydroxyl groups excluding tert-OH is 1. The van der Waals surface area contributed by atoms with Gasteiger partial charge in [0.15, 0.2) is 0 Å². The normalized spacial score (nSPS) is 11.2. The molecular weight excluding hydrogens is 526 g/mol. The van der Waals surface area contributed by atoms with Gasteiger partial charge in [0.25, 0.3) is 5.69 Å². The highest BCUT2D eigenvalue weighted by Gasteiger charge is 2.08. The number of nitro groups is 1. The molecule has 6 heteroatoms. The molecule has 0 unspecified atom stereocenters. The SMILES string of the molecule is O=C(CCCCCCCCCCCCCCCCCCCCCCCCCCCCCO)Oc1ccc([N+](=O)[O-])cc1. The van der Waals surface area contributed by atoms with E-state index in [9.17, 15) is 14.9 Å². The average molecular weight is 590 g/mol. The number of nitrogens with zero attached hydrogens (tertiary/aromatic N) is 1. The van der Waals surface area contributed by atoms with Crippen molar-refractivity contribution in [3.05, 3.63) is 34.4 Å². The van der Waals surface area contributed by atoms with E-state index < -0.39 is 4.92 Å². The van der Waals surface area contributed by atoms with E-state index in [4.69, 9.17) is 9.84 Å². The van der Waals surface area contributed by atoms with Crippen LogP contribution >= 0.6 is 0 Å². The fraction of sp³-hybridized carbons (Fsp3) is 0.806. The first-order valence-corrected chi connectivity index (χ1v) is 17.7. The molecule has 42 heavy (non-hydrogen) atoms. The number of unbranched alkanes of at least 4 members (excludes halogenated alkanes) is 26. The second-order valence-electron chi connectivity index (χ2n) is 12.2. The minimum absolute atomic E-state index is 0.00722. The summed E-state index contributed by atoms with van der Waals surface area (Å²) in [7, 11) is 0. The molecule has 0 aromatic heterocycles. The largest absolute Gasteiger partial charge is 0.427 e. The van der Waals surface area contributed by atoms with E-state index in [1.807, 2.05) is 0 Å². The van der Waals surface area contributed by atoms with Crippen molar-refractivity contribution in [3.8, 4) is 5.75 Å². The second-order valence-corrected chi connectivity index (χ2v) is 12.2. The highest BCUT2D eigenvalue weighted by molar-refractivity contribution is 5.72. The van der Waals surface area contributed by atoms with E-state index in [2.05, 4.69) is 0 Å². The van der Waals surface area contributed by atoms with Crippen LogP contribution in [0.1, 0.15) is 180 Å². The Morgan fingerprint density at radius 3 is 1.10 bits per heavy atom. The van der Waals surface area contributed by atoms with Crippen molar-refractivity contribution in [2.24, 2.45) is 0 Å². The van der Waals surface area contributed by atoms with Crippen LogP contribution in [0, 0.1) is 10.1 Å². The van der Waals surface area contributed by atoms with Crippen molar-refractivity contribution in [2.75, 3.05) is 6.61 Å². The van der Waals surface area contributed by atoms with Gasteiger partial charge in [0, 0.05) is 25.2 Å². The zero-order valence-corrected chi connectivity index (χ0v) is 26.8. The predicted octanol–water partition coefficient (Wildman–Crippen LogP) is 11.4. The highest BCUT2D eigenvalue weighted by Crippen LogP contribution is 2.19. The Morgan fingerprint density at radius 2 is 0.810 bits per heavy atom. The number of benzene rings is 1. The van der Waals surface area contributed by atoms with Crippen LogP contribution in [0.25, 0.3) is 0 Å². The summed E-state index contributed by atoms with van der Waals surface area (Å²) in [6, 6.07) is 5.63. The fourth-order valence-electron chi connectivity index (χ4n) is 5.62. The van der Waals surface area contributed by atoms with Gasteiger partial charge < -0.3 is 9.84 Å². The first kappa shape index (κ1) is 38.1. The van der Waals surface area contributed by atoms with Crippen LogP contribution < -0.4 is 4.74 Å². The van der Waals surface area contributed by atoms with Gasteiger partial charge in [-0.15, -0.1) is 0 Å². The molecule has 0 atom stereocenters. The van der Waals surface area contributed by atoms with E-state index in [0.717, 1.165) is 19.3 Å². The summed E-state index contributed by atoms with van der Waals surface area (Å²) in [4.78, 5) is 22.1. The molecule has 0 aliphatic rings. The van der Waals surface area contributed by atoms with Gasteiger partial charge in [0.05, 0.1) is 4.92 Å². The van der Waals surface area contributed by atoms with Crippen LogP contribution in [0.5, 0.6) is 5.75 Å². The van der Waals surface area contributed by atoms with Crippen LogP contribution in [0.15, 0.2) is 24.3 Å². The predicted molar refractivity (Wildman–Crippen MR) is 175 cm³/mol. The smallest absolute Gasteiger partial charge is 0.311 e. The van der Waals surface area contributed by atoms with Gasteiger partial charge >= 0.3 is 5.97 Å². The van der Waals surface area contributed by atoms with Gasteiger partial charge in [-0.05, 0) is 25.0 Å². The average Bonchev–Trinajstić information content (AvgIpc) is 2.98. The van der Waals surface area contributed by atoms with Crippen molar-refractivity contribution in [1.82, 2.24) is 0 Å². The summed E-state index contributed by atoms with van der Waals surface area (Å²) in [6.45, 7) is 0.357. The Labute approximate surface area is 257 Å². The molecule has 0 aliphatic heterocycles. The summed E-state index contributed by atoms with van der Waals surface area (Å²) in [5, 5.41) is 19.5. The first-order valence-electron chi connectivity index (χ1n) is 17.7. The van der Waals surface area contributed by atoms with Gasteiger partial charge in [-0.25, -0.2) is 0 Å². The van der Waals surface area contributed by atoms with Crippen molar-refractivity contribution >= 4 is 11.7 Å². The van der Waals surface area contributed by atoms with Gasteiger partial charge in [-0.2, -0.15) is 0 Å². The molecular formula is C36H63NO5. The van der Waals surface area contributed by atoms with Crippen LogP contribution in [0.2, 0.25) is 0 Å². The lowest BCUT2D eigenvalue weighted by atomic mass is 10.0. The Kier molecular flexibility index (Phi) is 26.4. The zero-order valence-electron chi connectivity index (χ0n) is 26.8. The van der Waals surface area contributed by atoms with Crippen molar-refractivity contribution in [2.45, 2.75) is 180 Å². The first-order chi connectivity index (χ1) is 20.6. The second kappa shape index (κ2) is 29.1. The molecule has 242 valence electrons. The van der Waals surface area contributed by atoms with Gasteiger partial charge in [0.1, 0.15) is 5.75 Å². The fourth-order valence-corrected chi connectivity index (χ4v) is 5.62. The maximum Gasteiger partial charge on any atom is 0.311 e. The van der Waals surface area contributed by atoms with Gasteiger partial charge in [0.2, 0.25) is 0 Å². The molecule has 0 spiro atoms. The maximum atomic E-state index is 11.9. The number of aliphatic hydroxyl groups is 1. The maximum absolute atomic E-state index is 11.9. The molecule has 0 saturated carbocycles. The van der Waals surface area contributed by atoms with Crippen molar-refractivity contribution in [3.63, 3.8) is 0 Å². The van der Waals surface area contributed by atoms with E-state index in [1.54, 1.807) is 0 Å². The minimum atomic E-state index is -0.466. The number of esters is 1. The molecule has 1 aromatic rings. The third-order valence-electron chi connectivity index (χ3n) is 8.32. The standard InChI is InChI=1S/C36H63NO5/c38-33-27-25-23-21-19-17-15-13-11-9-7-5-3-1-2-4-6-8-10-12-14-16-18-20-22-24-26-28-36(39)42-35-31-29-34(30-32-35)37(40)41/h29-32,38H,1-28,33H2. The van der Waals surface area contributed by atoms with E-state index in [-0.39, 0.29) is 11.7 Å². The third kappa shape index (κ3) is 24.6. The summed E-state index contributed by atoms with van der Waals surface area (Å²) < 4.78 is 5.24. The van der Waals surface area contributed by atoms with Crippen LogP contribution in [0.4, 0.5) is 5.69 Å². The molecule has 0 bridgehead atoms. The molecule has 0 saturated heterocycles. The number of hydrogen-bond acceptors (Lipinski definition) is 5. The quantitative estimate of drug-likeness (QED) is 0.0306. The van der Waals surface area contributed by atoms with Crippen LogP contribution in [0.3, 0.4) is 0 Å². The number of rotatable bonds is 31. The number of carbonyl (C=O) groups excluding carboxylic acids is 1. The number of nitro benzene ring substituents is 1. The Morgan fingerprint density at radius 1 is 0.524 bits per heavy atom. The monoisotopic (exact) mass is 589 g/mol. The van der Waals surface area contributed by atoms with E-state index >= 15 is 0 Å². The van der Waals surface area contributed by atoms with Crippen LogP contribution in [-0.4, -0.2) is 22.6 Å². The number of carbonyl (C=O) groups is 1. The minimum Gasteiger partial charge on any atom is -0.427 e. The number of hydrogen-bond donors (Lipinski definition) is 1. The Balaban J connectivity index is 1.71.